The molecule has 0 amide bonds. The van der Waals surface area contributed by atoms with E-state index in [2.05, 4.69) is 4.74 Å². The molecule has 0 aliphatic rings. The average molecular weight is 293 g/mol. The number of ether oxygens (including phenoxy) is 1. The van der Waals surface area contributed by atoms with Gasteiger partial charge in [-0.2, -0.15) is 0 Å². The van der Waals surface area contributed by atoms with Crippen LogP contribution < -0.4 is 0 Å². The summed E-state index contributed by atoms with van der Waals surface area (Å²) in [6, 6.07) is 4.03. The molecule has 0 spiro atoms. The average Bonchev–Trinajstić information content (AvgIpc) is 2.29. The molecule has 1 rings (SSSR count). The zero-order chi connectivity index (χ0) is 13.9. The van der Waals surface area contributed by atoms with Gasteiger partial charge in [-0.1, -0.05) is 23.2 Å². The summed E-state index contributed by atoms with van der Waals surface area (Å²) in [7, 11) is 0. The number of hydrogen-bond acceptors (Lipinski definition) is 3. The van der Waals surface area contributed by atoms with Crippen LogP contribution in [0.25, 0.3) is 0 Å². The third-order valence-corrected chi connectivity index (χ3v) is 2.55. The smallest absolute Gasteiger partial charge is 0.349 e. The van der Waals surface area contributed by atoms with E-state index in [0.717, 1.165) is 0 Å². The molecule has 6 heteroatoms. The topological polar surface area (TPSA) is 43.4 Å². The van der Waals surface area contributed by atoms with Crippen molar-refractivity contribution in [1.29, 1.82) is 0 Å². The number of benzene rings is 1. The Morgan fingerprint density at radius 3 is 2.44 bits per heavy atom. The number of rotatable bonds is 4. The van der Waals surface area contributed by atoms with E-state index in [-0.39, 0.29) is 15.6 Å². The van der Waals surface area contributed by atoms with Crippen LogP contribution >= 0.6 is 23.2 Å². The van der Waals surface area contributed by atoms with Crippen LogP contribution in [-0.2, 0) is 9.53 Å². The maximum Gasteiger partial charge on any atom is 0.349 e. The Hall–Kier alpha value is -1.13. The van der Waals surface area contributed by atoms with E-state index in [0.29, 0.717) is 0 Å². The van der Waals surface area contributed by atoms with Crippen LogP contribution in [0.15, 0.2) is 18.2 Å². The molecule has 0 aliphatic heterocycles. The van der Waals surface area contributed by atoms with E-state index < -0.39 is 24.0 Å². The van der Waals surface area contributed by atoms with E-state index in [4.69, 9.17) is 23.2 Å². The monoisotopic (exact) mass is 292 g/mol. The van der Waals surface area contributed by atoms with Crippen molar-refractivity contribution in [3.8, 4) is 0 Å². The van der Waals surface area contributed by atoms with Gasteiger partial charge in [0.2, 0.25) is 5.78 Å². The highest BCUT2D eigenvalue weighted by atomic mass is 35.5. The summed E-state index contributed by atoms with van der Waals surface area (Å²) in [6.45, 7) is 3.11. The molecule has 0 radical (unpaired) electrons. The van der Waals surface area contributed by atoms with Crippen molar-refractivity contribution >= 4 is 35.0 Å². The lowest BCUT2D eigenvalue weighted by molar-refractivity contribution is -0.151. The Balaban J connectivity index is 2.93. The molecule has 3 nitrogen and oxygen atoms in total. The van der Waals surface area contributed by atoms with Gasteiger partial charge in [0, 0.05) is 10.6 Å². The van der Waals surface area contributed by atoms with E-state index >= 15 is 0 Å². The second kappa shape index (κ2) is 6.16. The first-order chi connectivity index (χ1) is 8.32. The molecular weight excluding hydrogens is 282 g/mol. The summed E-state index contributed by atoms with van der Waals surface area (Å²) in [5, 5.41) is 0.261. The Bertz CT molecular complexity index is 474. The predicted molar refractivity (Wildman–Crippen MR) is 66.9 cm³/mol. The molecule has 0 bridgehead atoms. The van der Waals surface area contributed by atoms with Gasteiger partial charge in [0.05, 0.1) is 11.1 Å². The summed E-state index contributed by atoms with van der Waals surface area (Å²) in [6.07, 6.45) is -2.90. The van der Waals surface area contributed by atoms with Crippen molar-refractivity contribution in [2.24, 2.45) is 0 Å². The highest BCUT2D eigenvalue weighted by molar-refractivity contribution is 6.36. The summed E-state index contributed by atoms with van der Waals surface area (Å²) in [5.41, 5.74) is -0.141. The summed E-state index contributed by atoms with van der Waals surface area (Å²) in [4.78, 5) is 23.0. The molecule has 0 N–H and O–H groups in total. The Labute approximate surface area is 114 Å². The number of Topliss-reactive ketones (excluding diaryl/α,β-unsaturated/α-hetero) is 1. The minimum atomic E-state index is -2.40. The number of esters is 1. The zero-order valence-corrected chi connectivity index (χ0v) is 11.3. The fraction of sp³-hybridized carbons (Fsp3) is 0.333. The van der Waals surface area contributed by atoms with Crippen LogP contribution in [0.4, 0.5) is 4.39 Å². The van der Waals surface area contributed by atoms with Crippen molar-refractivity contribution in [1.82, 2.24) is 0 Å². The summed E-state index contributed by atoms with van der Waals surface area (Å²) < 4.78 is 18.2. The first kappa shape index (κ1) is 14.9. The minimum Gasteiger partial charge on any atom is -0.460 e. The lowest BCUT2D eigenvalue weighted by Crippen LogP contribution is -2.30. The molecule has 1 aromatic carbocycles. The van der Waals surface area contributed by atoms with Gasteiger partial charge in [-0.05, 0) is 32.0 Å². The van der Waals surface area contributed by atoms with Crippen molar-refractivity contribution in [3.05, 3.63) is 33.8 Å². The standard InChI is InChI=1S/C12H11Cl2FO3/c1-6(2)18-12(17)10(15)11(16)8-5-7(13)3-4-9(8)14/h3-6,10H,1-2H3. The van der Waals surface area contributed by atoms with Gasteiger partial charge in [0.15, 0.2) is 0 Å². The van der Waals surface area contributed by atoms with Crippen molar-refractivity contribution in [3.63, 3.8) is 0 Å². The Morgan fingerprint density at radius 2 is 1.89 bits per heavy atom. The normalized spacial score (nSPS) is 12.3. The molecule has 98 valence electrons. The van der Waals surface area contributed by atoms with Gasteiger partial charge in [-0.3, -0.25) is 4.79 Å². The van der Waals surface area contributed by atoms with E-state index in [1.807, 2.05) is 0 Å². The van der Waals surface area contributed by atoms with Gasteiger partial charge in [-0.15, -0.1) is 0 Å². The molecule has 0 fully saturated rings. The van der Waals surface area contributed by atoms with Gasteiger partial charge in [0.25, 0.3) is 6.17 Å². The molecule has 0 aromatic heterocycles. The molecule has 1 unspecified atom stereocenters. The maximum atomic E-state index is 13.6. The lowest BCUT2D eigenvalue weighted by Gasteiger charge is -2.11. The van der Waals surface area contributed by atoms with Crippen molar-refractivity contribution in [2.45, 2.75) is 26.1 Å². The zero-order valence-electron chi connectivity index (χ0n) is 9.75. The maximum absolute atomic E-state index is 13.6. The molecule has 1 atom stereocenters. The summed E-state index contributed by atoms with van der Waals surface area (Å²) >= 11 is 11.4. The SMILES string of the molecule is CC(C)OC(=O)C(F)C(=O)c1cc(Cl)ccc1Cl. The Kier molecular flexibility index (Phi) is 5.11. The fourth-order valence-electron chi connectivity index (χ4n) is 1.22. The van der Waals surface area contributed by atoms with Gasteiger partial charge >= 0.3 is 5.97 Å². The van der Waals surface area contributed by atoms with E-state index in [9.17, 15) is 14.0 Å². The molecular formula is C12H11Cl2FO3. The number of carbonyl (C=O) groups excluding carboxylic acids is 2. The van der Waals surface area contributed by atoms with Crippen LogP contribution in [0.2, 0.25) is 10.0 Å². The first-order valence-corrected chi connectivity index (χ1v) is 5.92. The molecule has 1 aromatic rings. The van der Waals surface area contributed by atoms with Crippen LogP contribution in [0.5, 0.6) is 0 Å². The van der Waals surface area contributed by atoms with E-state index in [1.165, 1.54) is 18.2 Å². The first-order valence-electron chi connectivity index (χ1n) is 5.16. The van der Waals surface area contributed by atoms with Crippen LogP contribution in [0.1, 0.15) is 24.2 Å². The molecule has 0 aliphatic carbocycles. The second-order valence-corrected chi connectivity index (χ2v) is 4.68. The quantitative estimate of drug-likeness (QED) is 0.485. The molecule has 0 saturated carbocycles. The largest absolute Gasteiger partial charge is 0.460 e. The van der Waals surface area contributed by atoms with Gasteiger partial charge in [-0.25, -0.2) is 9.18 Å². The Morgan fingerprint density at radius 1 is 1.28 bits per heavy atom. The van der Waals surface area contributed by atoms with E-state index in [1.54, 1.807) is 13.8 Å². The number of hydrogen-bond donors (Lipinski definition) is 0. The van der Waals surface area contributed by atoms with Gasteiger partial charge in [0.1, 0.15) is 0 Å². The molecule has 18 heavy (non-hydrogen) atoms. The molecule has 0 saturated heterocycles. The van der Waals surface area contributed by atoms with Crippen molar-refractivity contribution < 1.29 is 18.7 Å². The number of alkyl halides is 1. The fourth-order valence-corrected chi connectivity index (χ4v) is 1.60. The van der Waals surface area contributed by atoms with Crippen molar-refractivity contribution in [2.75, 3.05) is 0 Å². The van der Waals surface area contributed by atoms with Crippen LogP contribution in [-0.4, -0.2) is 24.0 Å². The third-order valence-electron chi connectivity index (χ3n) is 1.98. The predicted octanol–water partition coefficient (Wildman–Crippen LogP) is 3.47. The number of ketones is 1. The minimum absolute atomic E-state index is 0.0318. The van der Waals surface area contributed by atoms with Gasteiger partial charge < -0.3 is 4.74 Å². The highest BCUT2D eigenvalue weighted by Gasteiger charge is 2.30. The third kappa shape index (κ3) is 3.68. The lowest BCUT2D eigenvalue weighted by atomic mass is 10.1. The summed E-state index contributed by atoms with van der Waals surface area (Å²) in [5.74, 6) is -2.29. The second-order valence-electron chi connectivity index (χ2n) is 3.84. The van der Waals surface area contributed by atoms with Crippen LogP contribution in [0.3, 0.4) is 0 Å². The highest BCUT2D eigenvalue weighted by Crippen LogP contribution is 2.23. The van der Waals surface area contributed by atoms with Crippen LogP contribution in [0, 0.1) is 0 Å². The molecule has 0 heterocycles. The number of carbonyl (C=O) groups is 2. The number of halogens is 3.